The summed E-state index contributed by atoms with van der Waals surface area (Å²) in [7, 11) is 0. The zero-order chi connectivity index (χ0) is 12.3. The zero-order valence-electron chi connectivity index (χ0n) is 9.06. The highest BCUT2D eigenvalue weighted by atomic mass is 32.1. The molecule has 17 heavy (non-hydrogen) atoms. The first-order valence-electron chi connectivity index (χ1n) is 5.31. The first-order valence-corrected chi connectivity index (χ1v) is 5.72. The van der Waals surface area contributed by atoms with Gasteiger partial charge < -0.3 is 10.6 Å². The molecule has 0 radical (unpaired) electrons. The van der Waals surface area contributed by atoms with E-state index in [0.29, 0.717) is 10.7 Å². The topological polar surface area (TPSA) is 64.9 Å². The summed E-state index contributed by atoms with van der Waals surface area (Å²) >= 11 is 5.01. The van der Waals surface area contributed by atoms with Crippen LogP contribution in [0.3, 0.4) is 0 Å². The lowest BCUT2D eigenvalue weighted by Gasteiger charge is -2.08. The Kier molecular flexibility index (Phi) is 3.35. The van der Waals surface area contributed by atoms with Crippen LogP contribution in [0, 0.1) is 17.2 Å². The maximum atomic E-state index is 11.4. The second-order valence-corrected chi connectivity index (χ2v) is 4.32. The molecule has 0 aromatic heterocycles. The molecule has 0 unspecified atom stereocenters. The molecule has 0 spiro atoms. The van der Waals surface area contributed by atoms with Gasteiger partial charge in [-0.05, 0) is 49.3 Å². The highest BCUT2D eigenvalue weighted by molar-refractivity contribution is 7.80. The van der Waals surface area contributed by atoms with Crippen LogP contribution in [-0.4, -0.2) is 11.0 Å². The fourth-order valence-electron chi connectivity index (χ4n) is 1.35. The number of carbonyl (C=O) groups is 1. The maximum absolute atomic E-state index is 11.4. The van der Waals surface area contributed by atoms with Gasteiger partial charge in [0, 0.05) is 11.6 Å². The van der Waals surface area contributed by atoms with Crippen LogP contribution in [0.5, 0.6) is 0 Å². The van der Waals surface area contributed by atoms with Gasteiger partial charge in [0.1, 0.15) is 0 Å². The lowest BCUT2D eigenvalue weighted by atomic mass is 10.2. The molecule has 2 rings (SSSR count). The Labute approximate surface area is 105 Å². The van der Waals surface area contributed by atoms with E-state index in [1.54, 1.807) is 24.3 Å². The van der Waals surface area contributed by atoms with E-state index in [2.05, 4.69) is 10.6 Å². The second kappa shape index (κ2) is 4.93. The second-order valence-electron chi connectivity index (χ2n) is 3.91. The Morgan fingerprint density at radius 3 is 2.53 bits per heavy atom. The Morgan fingerprint density at radius 2 is 2.00 bits per heavy atom. The Balaban J connectivity index is 1.88. The Morgan fingerprint density at radius 1 is 1.35 bits per heavy atom. The molecule has 2 N–H and O–H groups in total. The number of benzene rings is 1. The number of carbonyl (C=O) groups excluding carboxylic acids is 1. The minimum Gasteiger partial charge on any atom is -0.332 e. The lowest BCUT2D eigenvalue weighted by Crippen LogP contribution is -2.35. The number of anilines is 1. The third kappa shape index (κ3) is 3.26. The van der Waals surface area contributed by atoms with Crippen molar-refractivity contribution >= 4 is 28.9 Å². The van der Waals surface area contributed by atoms with E-state index in [9.17, 15) is 4.79 Å². The van der Waals surface area contributed by atoms with E-state index < -0.39 is 0 Å². The molecule has 0 atom stereocenters. The van der Waals surface area contributed by atoms with Crippen molar-refractivity contribution in [1.82, 2.24) is 5.32 Å². The highest BCUT2D eigenvalue weighted by Crippen LogP contribution is 2.28. The van der Waals surface area contributed by atoms with Crippen molar-refractivity contribution in [3.8, 4) is 6.07 Å². The molecule has 1 saturated carbocycles. The molecule has 1 aliphatic carbocycles. The van der Waals surface area contributed by atoms with Crippen LogP contribution in [0.4, 0.5) is 5.69 Å². The predicted molar refractivity (Wildman–Crippen MR) is 68.2 cm³/mol. The van der Waals surface area contributed by atoms with Gasteiger partial charge in [-0.25, -0.2) is 0 Å². The van der Waals surface area contributed by atoms with E-state index in [-0.39, 0.29) is 11.8 Å². The molecule has 5 heteroatoms. The van der Waals surface area contributed by atoms with Gasteiger partial charge in [0.15, 0.2) is 5.11 Å². The van der Waals surface area contributed by atoms with E-state index in [4.69, 9.17) is 17.5 Å². The van der Waals surface area contributed by atoms with Gasteiger partial charge in [0.2, 0.25) is 5.91 Å². The maximum Gasteiger partial charge on any atom is 0.229 e. The molecule has 1 amide bonds. The molecule has 4 nitrogen and oxygen atoms in total. The predicted octanol–water partition coefficient (Wildman–Crippen LogP) is 1.78. The Hall–Kier alpha value is -1.93. The van der Waals surface area contributed by atoms with Gasteiger partial charge in [0.25, 0.3) is 0 Å². The normalized spacial score (nSPS) is 13.6. The summed E-state index contributed by atoms with van der Waals surface area (Å²) in [5, 5.41) is 14.5. The molecule has 1 aromatic carbocycles. The van der Waals surface area contributed by atoms with Crippen LogP contribution in [0.25, 0.3) is 0 Å². The molecular weight excluding hydrogens is 234 g/mol. The quantitative estimate of drug-likeness (QED) is 0.779. The summed E-state index contributed by atoms with van der Waals surface area (Å²) in [4.78, 5) is 11.4. The average Bonchev–Trinajstić information content (AvgIpc) is 3.13. The number of hydrogen-bond donors (Lipinski definition) is 2. The van der Waals surface area contributed by atoms with Gasteiger partial charge in [-0.2, -0.15) is 5.26 Å². The van der Waals surface area contributed by atoms with Crippen LogP contribution in [0.2, 0.25) is 0 Å². The first kappa shape index (κ1) is 11.6. The summed E-state index contributed by atoms with van der Waals surface area (Å²) in [6, 6.07) is 8.90. The molecular formula is C12H11N3OS. The minimum atomic E-state index is -0.0175. The van der Waals surface area contributed by atoms with Crippen LogP contribution in [0.1, 0.15) is 18.4 Å². The fourth-order valence-corrected chi connectivity index (χ4v) is 1.57. The summed E-state index contributed by atoms with van der Waals surface area (Å²) in [6.45, 7) is 0. The number of nitrogens with one attached hydrogen (secondary N) is 2. The molecule has 1 fully saturated rings. The van der Waals surface area contributed by atoms with Crippen molar-refractivity contribution in [2.45, 2.75) is 12.8 Å². The van der Waals surface area contributed by atoms with Crippen LogP contribution < -0.4 is 10.6 Å². The number of amides is 1. The number of nitriles is 1. The van der Waals surface area contributed by atoms with Crippen molar-refractivity contribution in [1.29, 1.82) is 5.26 Å². The Bertz CT molecular complexity index is 485. The largest absolute Gasteiger partial charge is 0.332 e. The molecule has 0 heterocycles. The third-order valence-corrected chi connectivity index (χ3v) is 2.66. The van der Waals surface area contributed by atoms with Gasteiger partial charge in [-0.15, -0.1) is 0 Å². The lowest BCUT2D eigenvalue weighted by molar-refractivity contribution is -0.120. The highest BCUT2D eigenvalue weighted by Gasteiger charge is 2.29. The van der Waals surface area contributed by atoms with Crippen molar-refractivity contribution in [2.75, 3.05) is 5.32 Å². The van der Waals surface area contributed by atoms with Gasteiger partial charge in [0.05, 0.1) is 11.6 Å². The monoisotopic (exact) mass is 245 g/mol. The molecule has 1 aromatic rings. The summed E-state index contributed by atoms with van der Waals surface area (Å²) in [5.74, 6) is 0.117. The number of rotatable bonds is 2. The van der Waals surface area contributed by atoms with Gasteiger partial charge >= 0.3 is 0 Å². The number of nitrogens with zero attached hydrogens (tertiary/aromatic N) is 1. The van der Waals surface area contributed by atoms with Gasteiger partial charge in [-0.1, -0.05) is 0 Å². The molecule has 0 aliphatic heterocycles. The van der Waals surface area contributed by atoms with Crippen molar-refractivity contribution in [3.05, 3.63) is 29.8 Å². The van der Waals surface area contributed by atoms with E-state index in [0.717, 1.165) is 18.5 Å². The van der Waals surface area contributed by atoms with Crippen LogP contribution in [0.15, 0.2) is 24.3 Å². The summed E-state index contributed by atoms with van der Waals surface area (Å²) < 4.78 is 0. The van der Waals surface area contributed by atoms with E-state index in [1.807, 2.05) is 6.07 Å². The average molecular weight is 245 g/mol. The smallest absolute Gasteiger partial charge is 0.229 e. The fraction of sp³-hybridized carbons (Fsp3) is 0.250. The van der Waals surface area contributed by atoms with E-state index in [1.165, 1.54) is 0 Å². The third-order valence-electron chi connectivity index (χ3n) is 2.46. The van der Waals surface area contributed by atoms with Crippen LogP contribution in [-0.2, 0) is 4.79 Å². The summed E-state index contributed by atoms with van der Waals surface area (Å²) in [6.07, 6.45) is 1.90. The number of thiocarbonyl (C=S) groups is 1. The molecule has 0 bridgehead atoms. The molecule has 1 aliphatic rings. The zero-order valence-corrected chi connectivity index (χ0v) is 9.88. The standard InChI is InChI=1S/C12H11N3OS/c13-7-8-1-5-10(6-2-8)14-12(17)15-11(16)9-3-4-9/h1-2,5-6,9H,3-4H2,(H2,14,15,16,17). The van der Waals surface area contributed by atoms with Crippen LogP contribution >= 0.6 is 12.2 Å². The molecule has 86 valence electrons. The molecule has 0 saturated heterocycles. The number of hydrogen-bond acceptors (Lipinski definition) is 3. The van der Waals surface area contributed by atoms with E-state index >= 15 is 0 Å². The van der Waals surface area contributed by atoms with Crippen molar-refractivity contribution in [2.24, 2.45) is 5.92 Å². The minimum absolute atomic E-state index is 0.0175. The van der Waals surface area contributed by atoms with Crippen molar-refractivity contribution < 1.29 is 4.79 Å². The van der Waals surface area contributed by atoms with Gasteiger partial charge in [-0.3, -0.25) is 4.79 Å². The first-order chi connectivity index (χ1) is 8.19. The summed E-state index contributed by atoms with van der Waals surface area (Å²) in [5.41, 5.74) is 1.34. The van der Waals surface area contributed by atoms with Crippen molar-refractivity contribution in [3.63, 3.8) is 0 Å². The SMILES string of the molecule is N#Cc1ccc(NC(=S)NC(=O)C2CC2)cc1.